The summed E-state index contributed by atoms with van der Waals surface area (Å²) in [5.74, 6) is 1.74. The second kappa shape index (κ2) is 6.58. The van der Waals surface area contributed by atoms with E-state index in [2.05, 4.69) is 44.0 Å². The topological polar surface area (TPSA) is 28.4 Å². The molecule has 0 aliphatic heterocycles. The van der Waals surface area contributed by atoms with Gasteiger partial charge in [-0.25, -0.2) is 0 Å². The second-order valence-electron chi connectivity index (χ2n) is 6.36. The normalized spacial score (nSPS) is 17.6. The Morgan fingerprint density at radius 1 is 1.32 bits per heavy atom. The van der Waals surface area contributed by atoms with Crippen LogP contribution in [0, 0.1) is 5.92 Å². The molecule has 0 radical (unpaired) electrons. The Balaban J connectivity index is 2.01. The Hall–Kier alpha value is -0.800. The molecule has 0 bridgehead atoms. The van der Waals surface area contributed by atoms with Crippen molar-refractivity contribution in [2.45, 2.75) is 65.2 Å². The quantitative estimate of drug-likeness (QED) is 0.781. The van der Waals surface area contributed by atoms with Crippen LogP contribution < -0.4 is 5.32 Å². The first-order valence-corrected chi connectivity index (χ1v) is 7.59. The largest absolute Gasteiger partial charge is 0.468 e. The maximum atomic E-state index is 5.54. The van der Waals surface area contributed by atoms with E-state index in [9.17, 15) is 0 Å². The van der Waals surface area contributed by atoms with E-state index in [4.69, 9.17) is 4.42 Å². The summed E-state index contributed by atoms with van der Waals surface area (Å²) in [4.78, 5) is 2.64. The van der Waals surface area contributed by atoms with Gasteiger partial charge in [0.15, 0.2) is 0 Å². The van der Waals surface area contributed by atoms with Gasteiger partial charge in [-0.15, -0.1) is 0 Å². The van der Waals surface area contributed by atoms with Crippen molar-refractivity contribution >= 4 is 0 Å². The van der Waals surface area contributed by atoms with E-state index < -0.39 is 0 Å². The molecule has 0 amide bonds. The van der Waals surface area contributed by atoms with Crippen LogP contribution in [-0.2, 0) is 6.54 Å². The SMILES string of the molecule is CC(C)NCC(C(C)C)N(Cc1ccco1)C1CC1. The van der Waals surface area contributed by atoms with Gasteiger partial charge in [-0.1, -0.05) is 27.7 Å². The lowest BCUT2D eigenvalue weighted by Crippen LogP contribution is -2.47. The van der Waals surface area contributed by atoms with E-state index in [-0.39, 0.29) is 0 Å². The zero-order valence-electron chi connectivity index (χ0n) is 12.7. The molecule has 0 saturated heterocycles. The highest BCUT2D eigenvalue weighted by Crippen LogP contribution is 2.32. The summed E-state index contributed by atoms with van der Waals surface area (Å²) in [7, 11) is 0. The molecule has 3 nitrogen and oxygen atoms in total. The number of rotatable bonds is 8. The minimum atomic E-state index is 0.547. The average Bonchev–Trinajstić information content (AvgIpc) is 3.05. The maximum absolute atomic E-state index is 5.54. The molecule has 2 rings (SSSR count). The smallest absolute Gasteiger partial charge is 0.117 e. The molecule has 1 aromatic heterocycles. The van der Waals surface area contributed by atoms with Crippen LogP contribution in [0.1, 0.15) is 46.3 Å². The van der Waals surface area contributed by atoms with Crippen molar-refractivity contribution in [3.8, 4) is 0 Å². The molecule has 1 fully saturated rings. The van der Waals surface area contributed by atoms with Gasteiger partial charge in [0.05, 0.1) is 12.8 Å². The predicted molar refractivity (Wildman–Crippen MR) is 79.0 cm³/mol. The van der Waals surface area contributed by atoms with Crippen molar-refractivity contribution in [3.05, 3.63) is 24.2 Å². The van der Waals surface area contributed by atoms with Crippen molar-refractivity contribution in [2.24, 2.45) is 5.92 Å². The average molecular weight is 264 g/mol. The lowest BCUT2D eigenvalue weighted by molar-refractivity contribution is 0.123. The third-order valence-corrected chi connectivity index (χ3v) is 3.87. The molecule has 3 heteroatoms. The van der Waals surface area contributed by atoms with Crippen LogP contribution in [0.5, 0.6) is 0 Å². The van der Waals surface area contributed by atoms with E-state index in [1.165, 1.54) is 12.8 Å². The van der Waals surface area contributed by atoms with Crippen LogP contribution in [0.25, 0.3) is 0 Å². The summed E-state index contributed by atoms with van der Waals surface area (Å²) >= 11 is 0. The number of nitrogens with zero attached hydrogens (tertiary/aromatic N) is 1. The van der Waals surface area contributed by atoms with Crippen molar-refractivity contribution in [2.75, 3.05) is 6.54 Å². The van der Waals surface area contributed by atoms with Gasteiger partial charge in [0.2, 0.25) is 0 Å². The summed E-state index contributed by atoms with van der Waals surface area (Å²) in [6.45, 7) is 11.1. The minimum absolute atomic E-state index is 0.547. The monoisotopic (exact) mass is 264 g/mol. The zero-order chi connectivity index (χ0) is 13.8. The highest BCUT2D eigenvalue weighted by atomic mass is 16.3. The molecule has 1 aliphatic carbocycles. The van der Waals surface area contributed by atoms with E-state index in [0.29, 0.717) is 18.0 Å². The molecular weight excluding hydrogens is 236 g/mol. The van der Waals surface area contributed by atoms with Gasteiger partial charge in [-0.05, 0) is 30.9 Å². The third kappa shape index (κ3) is 4.36. The molecule has 0 aromatic carbocycles. The van der Waals surface area contributed by atoms with E-state index >= 15 is 0 Å². The van der Waals surface area contributed by atoms with Gasteiger partial charge in [0, 0.05) is 24.7 Å². The summed E-state index contributed by atoms with van der Waals surface area (Å²) in [6.07, 6.45) is 4.45. The van der Waals surface area contributed by atoms with Crippen molar-refractivity contribution in [1.29, 1.82) is 0 Å². The molecular formula is C16H28N2O. The summed E-state index contributed by atoms with van der Waals surface area (Å²) in [5, 5.41) is 3.60. The minimum Gasteiger partial charge on any atom is -0.468 e. The lowest BCUT2D eigenvalue weighted by atomic mass is 10.0. The standard InChI is InChI=1S/C16H28N2O/c1-12(2)16(10-17-13(3)4)18(14-7-8-14)11-15-6-5-9-19-15/h5-6,9,12-14,16-17H,7-8,10-11H2,1-4H3. The molecule has 1 heterocycles. The molecule has 19 heavy (non-hydrogen) atoms. The maximum Gasteiger partial charge on any atom is 0.117 e. The number of hydrogen-bond acceptors (Lipinski definition) is 3. The zero-order valence-corrected chi connectivity index (χ0v) is 12.7. The van der Waals surface area contributed by atoms with Gasteiger partial charge in [0.25, 0.3) is 0 Å². The van der Waals surface area contributed by atoms with Crippen LogP contribution in [0.3, 0.4) is 0 Å². The van der Waals surface area contributed by atoms with E-state index in [0.717, 1.165) is 24.9 Å². The van der Waals surface area contributed by atoms with Gasteiger partial charge < -0.3 is 9.73 Å². The molecule has 1 unspecified atom stereocenters. The van der Waals surface area contributed by atoms with Crippen LogP contribution >= 0.6 is 0 Å². The summed E-state index contributed by atoms with van der Waals surface area (Å²) in [5.41, 5.74) is 0. The molecule has 108 valence electrons. The molecule has 1 N–H and O–H groups in total. The van der Waals surface area contributed by atoms with E-state index in [1.807, 2.05) is 6.07 Å². The Morgan fingerprint density at radius 3 is 2.53 bits per heavy atom. The number of furan rings is 1. The number of nitrogens with one attached hydrogen (secondary N) is 1. The van der Waals surface area contributed by atoms with Crippen molar-refractivity contribution in [3.63, 3.8) is 0 Å². The molecule has 1 aromatic rings. The van der Waals surface area contributed by atoms with Gasteiger partial charge in [-0.3, -0.25) is 4.90 Å². The molecule has 1 aliphatic rings. The van der Waals surface area contributed by atoms with Crippen LogP contribution in [0.2, 0.25) is 0 Å². The Bertz CT molecular complexity index is 355. The van der Waals surface area contributed by atoms with E-state index in [1.54, 1.807) is 6.26 Å². The van der Waals surface area contributed by atoms with Crippen molar-refractivity contribution in [1.82, 2.24) is 10.2 Å². The second-order valence-corrected chi connectivity index (χ2v) is 6.36. The molecule has 0 spiro atoms. The lowest BCUT2D eigenvalue weighted by Gasteiger charge is -2.35. The fraction of sp³-hybridized carbons (Fsp3) is 0.750. The van der Waals surface area contributed by atoms with Gasteiger partial charge >= 0.3 is 0 Å². The Kier molecular flexibility index (Phi) is 5.06. The van der Waals surface area contributed by atoms with Crippen LogP contribution in [0.15, 0.2) is 22.8 Å². The first-order valence-electron chi connectivity index (χ1n) is 7.59. The summed E-state index contributed by atoms with van der Waals surface area (Å²) in [6, 6.07) is 5.96. The third-order valence-electron chi connectivity index (χ3n) is 3.87. The first kappa shape index (κ1) is 14.6. The fourth-order valence-corrected chi connectivity index (χ4v) is 2.60. The molecule has 1 saturated carbocycles. The molecule has 1 atom stereocenters. The van der Waals surface area contributed by atoms with Gasteiger partial charge in [-0.2, -0.15) is 0 Å². The number of hydrogen-bond donors (Lipinski definition) is 1. The van der Waals surface area contributed by atoms with Crippen molar-refractivity contribution < 1.29 is 4.42 Å². The fourth-order valence-electron chi connectivity index (χ4n) is 2.60. The van der Waals surface area contributed by atoms with Crippen LogP contribution in [-0.4, -0.2) is 29.6 Å². The highest BCUT2D eigenvalue weighted by molar-refractivity contribution is 5.01. The summed E-state index contributed by atoms with van der Waals surface area (Å²) < 4.78 is 5.54. The Labute approximate surface area is 117 Å². The highest BCUT2D eigenvalue weighted by Gasteiger charge is 2.35. The predicted octanol–water partition coefficient (Wildman–Crippen LogP) is 3.27. The van der Waals surface area contributed by atoms with Crippen LogP contribution in [0.4, 0.5) is 0 Å². The first-order chi connectivity index (χ1) is 9.08. The van der Waals surface area contributed by atoms with Gasteiger partial charge in [0.1, 0.15) is 5.76 Å². The Morgan fingerprint density at radius 2 is 2.05 bits per heavy atom.